The van der Waals surface area contributed by atoms with Crippen LogP contribution in [0.15, 0.2) is 35.3 Å². The van der Waals surface area contributed by atoms with Gasteiger partial charge in [0.15, 0.2) is 0 Å². The lowest BCUT2D eigenvalue weighted by Gasteiger charge is -2.59. The molecule has 0 spiro atoms. The van der Waals surface area contributed by atoms with Crippen molar-refractivity contribution in [1.82, 2.24) is 19.7 Å². The van der Waals surface area contributed by atoms with Crippen molar-refractivity contribution in [2.24, 2.45) is 30.2 Å². The van der Waals surface area contributed by atoms with Crippen LogP contribution in [0.25, 0.3) is 21.8 Å². The van der Waals surface area contributed by atoms with Gasteiger partial charge in [0.05, 0.1) is 11.7 Å². The normalized spacial score (nSPS) is 30.1. The zero-order valence-electron chi connectivity index (χ0n) is 19.9. The number of hydrogen-bond donors (Lipinski definition) is 1. The summed E-state index contributed by atoms with van der Waals surface area (Å²) in [6, 6.07) is 7.69. The van der Waals surface area contributed by atoms with Crippen LogP contribution < -0.4 is 10.9 Å². The first-order chi connectivity index (χ1) is 15.9. The Hall–Kier alpha value is -2.63. The second-order valence-corrected chi connectivity index (χ2v) is 11.2. The Balaban J connectivity index is 1.38. The molecule has 2 atom stereocenters. The lowest BCUT2D eigenvalue weighted by Crippen LogP contribution is -2.56. The second kappa shape index (κ2) is 7.44. The fourth-order valence-corrected chi connectivity index (χ4v) is 7.97. The van der Waals surface area contributed by atoms with Gasteiger partial charge in [-0.05, 0) is 81.1 Å². The Bertz CT molecular complexity index is 1270. The van der Waals surface area contributed by atoms with E-state index < -0.39 is 6.04 Å². The van der Waals surface area contributed by atoms with Gasteiger partial charge in [0.1, 0.15) is 11.6 Å². The van der Waals surface area contributed by atoms with Gasteiger partial charge in [-0.15, -0.1) is 0 Å². The number of aromatic nitrogens is 3. The van der Waals surface area contributed by atoms with Crippen molar-refractivity contribution in [3.8, 4) is 0 Å². The Morgan fingerprint density at radius 3 is 2.39 bits per heavy atom. The van der Waals surface area contributed by atoms with Crippen molar-refractivity contribution in [3.63, 3.8) is 0 Å². The maximum atomic E-state index is 13.8. The molecule has 33 heavy (non-hydrogen) atoms. The molecule has 4 aliphatic rings. The average Bonchev–Trinajstić information content (AvgIpc) is 3.11. The highest BCUT2D eigenvalue weighted by Crippen LogP contribution is 2.61. The van der Waals surface area contributed by atoms with Crippen LogP contribution in [0.5, 0.6) is 0 Å². The third-order valence-electron chi connectivity index (χ3n) is 9.17. The van der Waals surface area contributed by atoms with Crippen LogP contribution in [0.1, 0.15) is 64.8 Å². The molecular formula is C27H34N4O2. The molecule has 4 fully saturated rings. The number of fused-ring (bicyclic) bond motifs is 3. The molecule has 0 unspecified atom stereocenters. The minimum absolute atomic E-state index is 0.0299. The second-order valence-electron chi connectivity index (χ2n) is 11.2. The van der Waals surface area contributed by atoms with E-state index in [0.29, 0.717) is 11.9 Å². The molecule has 1 amide bonds. The quantitative estimate of drug-likeness (QED) is 0.625. The first-order valence-electron chi connectivity index (χ1n) is 12.7. The van der Waals surface area contributed by atoms with Crippen LogP contribution in [0, 0.1) is 23.2 Å². The Morgan fingerprint density at radius 2 is 1.76 bits per heavy atom. The number of nitrogens with one attached hydrogen (secondary N) is 1. The van der Waals surface area contributed by atoms with E-state index in [1.165, 1.54) is 43.2 Å². The zero-order chi connectivity index (χ0) is 22.9. The SMILES string of the molecule is CC[C@@H](C(=O)N[C@@H](C)C12CC3CC(CC(C3)C1)C2)n1c2ccccc2c2cnn(C)c(=O)c21. The molecule has 6 nitrogen and oxygen atoms in total. The minimum atomic E-state index is -0.432. The van der Waals surface area contributed by atoms with E-state index in [2.05, 4.69) is 17.3 Å². The summed E-state index contributed by atoms with van der Waals surface area (Å²) in [6.07, 6.45) is 10.4. The number of rotatable bonds is 5. The van der Waals surface area contributed by atoms with Crippen molar-refractivity contribution in [3.05, 3.63) is 40.8 Å². The number of hydrogen-bond acceptors (Lipinski definition) is 3. The lowest BCUT2D eigenvalue weighted by atomic mass is 9.48. The van der Waals surface area contributed by atoms with Crippen molar-refractivity contribution in [1.29, 1.82) is 0 Å². The molecule has 2 heterocycles. The molecule has 6 heteroatoms. The van der Waals surface area contributed by atoms with Crippen LogP contribution in [0.2, 0.25) is 0 Å². The van der Waals surface area contributed by atoms with Gasteiger partial charge < -0.3 is 9.88 Å². The fraction of sp³-hybridized carbons (Fsp3) is 0.593. The van der Waals surface area contributed by atoms with Gasteiger partial charge in [-0.3, -0.25) is 9.59 Å². The topological polar surface area (TPSA) is 68.9 Å². The summed E-state index contributed by atoms with van der Waals surface area (Å²) in [6.45, 7) is 4.26. The summed E-state index contributed by atoms with van der Waals surface area (Å²) in [5, 5.41) is 9.48. The number of carbonyl (C=O) groups is 1. The maximum Gasteiger partial charge on any atom is 0.291 e. The molecule has 4 saturated carbocycles. The molecule has 0 saturated heterocycles. The van der Waals surface area contributed by atoms with E-state index in [4.69, 9.17) is 0 Å². The monoisotopic (exact) mass is 446 g/mol. The van der Waals surface area contributed by atoms with Gasteiger partial charge in [-0.25, -0.2) is 4.68 Å². The standard InChI is InChI=1S/C27H34N4O2/c1-4-22(25(32)29-16(2)27-12-17-9-18(13-27)11-19(10-17)14-27)31-23-8-6-5-7-20(23)21-15-28-30(3)26(33)24(21)31/h5-8,15-19,22H,4,9-14H2,1-3H3,(H,29,32)/t16-,17?,18?,19?,22-,27?/m0/s1. The predicted octanol–water partition coefficient (Wildman–Crippen LogP) is 4.56. The highest BCUT2D eigenvalue weighted by molar-refractivity contribution is 6.08. The first-order valence-corrected chi connectivity index (χ1v) is 12.7. The number of aryl methyl sites for hydroxylation is 1. The van der Waals surface area contributed by atoms with Crippen LogP contribution in [0.4, 0.5) is 0 Å². The molecule has 7 rings (SSSR count). The van der Waals surface area contributed by atoms with E-state index in [1.54, 1.807) is 13.2 Å². The van der Waals surface area contributed by atoms with Crippen molar-refractivity contribution >= 4 is 27.7 Å². The van der Waals surface area contributed by atoms with Gasteiger partial charge >= 0.3 is 0 Å². The van der Waals surface area contributed by atoms with Crippen LogP contribution >= 0.6 is 0 Å². The van der Waals surface area contributed by atoms with Crippen molar-refractivity contribution in [2.45, 2.75) is 70.9 Å². The Kier molecular flexibility index (Phi) is 4.72. The molecule has 4 bridgehead atoms. The number of para-hydroxylation sites is 1. The van der Waals surface area contributed by atoms with E-state index in [0.717, 1.165) is 34.0 Å². The summed E-state index contributed by atoms with van der Waals surface area (Å²) in [7, 11) is 1.67. The van der Waals surface area contributed by atoms with Crippen LogP contribution in [0.3, 0.4) is 0 Å². The fourth-order valence-electron chi connectivity index (χ4n) is 7.97. The highest BCUT2D eigenvalue weighted by atomic mass is 16.2. The van der Waals surface area contributed by atoms with Crippen molar-refractivity contribution < 1.29 is 4.79 Å². The minimum Gasteiger partial charge on any atom is -0.351 e. The summed E-state index contributed by atoms with van der Waals surface area (Å²) in [4.78, 5) is 27.0. The van der Waals surface area contributed by atoms with Gasteiger partial charge in [0.25, 0.3) is 5.56 Å². The summed E-state index contributed by atoms with van der Waals surface area (Å²) in [5.74, 6) is 2.59. The van der Waals surface area contributed by atoms with Gasteiger partial charge in [-0.1, -0.05) is 25.1 Å². The Labute approximate surface area is 194 Å². The first kappa shape index (κ1) is 20.9. The maximum absolute atomic E-state index is 13.8. The lowest BCUT2D eigenvalue weighted by molar-refractivity contribution is -0.129. The highest BCUT2D eigenvalue weighted by Gasteiger charge is 2.53. The molecular weight excluding hydrogens is 412 g/mol. The van der Waals surface area contributed by atoms with E-state index in [-0.39, 0.29) is 22.9 Å². The molecule has 2 aromatic heterocycles. The summed E-state index contributed by atoms with van der Waals surface area (Å²) < 4.78 is 3.33. The Morgan fingerprint density at radius 1 is 1.12 bits per heavy atom. The number of amides is 1. The predicted molar refractivity (Wildman–Crippen MR) is 130 cm³/mol. The summed E-state index contributed by atoms with van der Waals surface area (Å²) >= 11 is 0. The number of carbonyl (C=O) groups excluding carboxylic acids is 1. The molecule has 1 aromatic carbocycles. The summed E-state index contributed by atoms with van der Waals surface area (Å²) in [5.41, 5.74) is 1.58. The molecule has 0 radical (unpaired) electrons. The zero-order valence-corrected chi connectivity index (χ0v) is 19.9. The van der Waals surface area contributed by atoms with Gasteiger partial charge in [0.2, 0.25) is 5.91 Å². The van der Waals surface area contributed by atoms with Gasteiger partial charge in [-0.2, -0.15) is 5.10 Å². The average molecular weight is 447 g/mol. The molecule has 174 valence electrons. The third-order valence-corrected chi connectivity index (χ3v) is 9.17. The number of nitrogens with zero attached hydrogens (tertiary/aromatic N) is 3. The van der Waals surface area contributed by atoms with E-state index in [1.807, 2.05) is 35.8 Å². The smallest absolute Gasteiger partial charge is 0.291 e. The van der Waals surface area contributed by atoms with Gasteiger partial charge in [0, 0.05) is 23.9 Å². The van der Waals surface area contributed by atoms with E-state index >= 15 is 0 Å². The van der Waals surface area contributed by atoms with Crippen LogP contribution in [-0.2, 0) is 11.8 Å². The van der Waals surface area contributed by atoms with Crippen molar-refractivity contribution in [2.75, 3.05) is 0 Å². The number of benzene rings is 1. The van der Waals surface area contributed by atoms with E-state index in [9.17, 15) is 9.59 Å². The largest absolute Gasteiger partial charge is 0.351 e. The molecule has 3 aromatic rings. The third kappa shape index (κ3) is 3.09. The molecule has 0 aliphatic heterocycles. The van der Waals surface area contributed by atoms with Crippen LogP contribution in [-0.4, -0.2) is 26.3 Å². The molecule has 1 N–H and O–H groups in total. The molecule has 4 aliphatic carbocycles.